The highest BCUT2D eigenvalue weighted by Crippen LogP contribution is 2.35. The number of nitrogens with zero attached hydrogens (tertiary/aromatic N) is 2. The van der Waals surface area contributed by atoms with Gasteiger partial charge in [-0.3, -0.25) is 0 Å². The molecule has 0 aliphatic carbocycles. The predicted octanol–water partition coefficient (Wildman–Crippen LogP) is 5.42. The van der Waals surface area contributed by atoms with Gasteiger partial charge in [-0.1, -0.05) is 66.7 Å². The second-order valence-electron chi connectivity index (χ2n) is 5.77. The van der Waals surface area contributed by atoms with Crippen molar-refractivity contribution in [3.8, 4) is 23.4 Å². The number of hydrogen-bond acceptors (Lipinski definition) is 2. The zero-order valence-corrected chi connectivity index (χ0v) is 13.3. The normalized spacial score (nSPS) is 10.3. The molecule has 0 saturated carbocycles. The molecule has 4 rings (SSSR count). The maximum Gasteiger partial charge on any atom is 0.130 e. The number of aromatic amines is 1. The molecule has 3 aromatic carbocycles. The summed E-state index contributed by atoms with van der Waals surface area (Å²) in [5.41, 5.74) is 3.90. The molecule has 0 aliphatic heterocycles. The average Bonchev–Trinajstić information content (AvgIpc) is 3.05. The second kappa shape index (κ2) is 6.00. The Kier molecular flexibility index (Phi) is 3.54. The van der Waals surface area contributed by atoms with E-state index in [2.05, 4.69) is 23.2 Å². The van der Waals surface area contributed by atoms with Gasteiger partial charge in [-0.15, -0.1) is 0 Å². The lowest BCUT2D eigenvalue weighted by Gasteiger charge is -2.00. The van der Waals surface area contributed by atoms with E-state index < -0.39 is 0 Å². The first-order valence-corrected chi connectivity index (χ1v) is 7.92. The zero-order chi connectivity index (χ0) is 17.2. The largest absolute Gasteiger partial charge is 0.354 e. The van der Waals surface area contributed by atoms with Crippen molar-refractivity contribution in [2.45, 2.75) is 0 Å². The number of allylic oxidation sites excluding steroid dienone is 1. The van der Waals surface area contributed by atoms with Crippen molar-refractivity contribution in [2.75, 3.05) is 0 Å². The lowest BCUT2D eigenvalue weighted by Crippen LogP contribution is -1.82. The van der Waals surface area contributed by atoms with E-state index in [0.717, 1.165) is 38.5 Å². The first-order valence-electron chi connectivity index (χ1n) is 7.92. The number of rotatable bonds is 2. The zero-order valence-electron chi connectivity index (χ0n) is 13.3. The fourth-order valence-electron chi connectivity index (χ4n) is 3.17. The van der Waals surface area contributed by atoms with E-state index in [4.69, 9.17) is 0 Å². The Balaban J connectivity index is 2.13. The second-order valence-corrected chi connectivity index (χ2v) is 5.77. The van der Waals surface area contributed by atoms with E-state index in [0.29, 0.717) is 0 Å². The molecule has 0 saturated heterocycles. The van der Waals surface area contributed by atoms with Crippen LogP contribution in [0.2, 0.25) is 0 Å². The molecule has 0 aliphatic rings. The molecule has 1 N–H and O–H groups in total. The summed E-state index contributed by atoms with van der Waals surface area (Å²) in [6.07, 6.45) is 1.66. The van der Waals surface area contributed by atoms with Crippen molar-refractivity contribution in [3.05, 3.63) is 77.9 Å². The van der Waals surface area contributed by atoms with Gasteiger partial charge in [0.2, 0.25) is 0 Å². The average molecular weight is 319 g/mol. The number of fused-ring (bicyclic) bond motifs is 3. The quantitative estimate of drug-likeness (QED) is 0.501. The van der Waals surface area contributed by atoms with Crippen molar-refractivity contribution in [1.82, 2.24) is 4.98 Å². The maximum atomic E-state index is 9.18. The highest BCUT2D eigenvalue weighted by atomic mass is 14.7. The van der Waals surface area contributed by atoms with E-state index in [9.17, 15) is 10.5 Å². The Hall–Kier alpha value is -3.82. The molecule has 1 heterocycles. The third kappa shape index (κ3) is 2.45. The van der Waals surface area contributed by atoms with Gasteiger partial charge in [-0.05, 0) is 17.0 Å². The first-order chi connectivity index (χ1) is 12.3. The molecule has 3 nitrogen and oxygen atoms in total. The number of benzene rings is 3. The van der Waals surface area contributed by atoms with Gasteiger partial charge in [0.25, 0.3) is 0 Å². The van der Waals surface area contributed by atoms with Crippen molar-refractivity contribution >= 4 is 27.8 Å². The molecular weight excluding hydrogens is 306 g/mol. The van der Waals surface area contributed by atoms with E-state index in [-0.39, 0.29) is 5.57 Å². The monoisotopic (exact) mass is 319 g/mol. The van der Waals surface area contributed by atoms with E-state index in [1.54, 1.807) is 6.08 Å². The molecule has 0 bridgehead atoms. The molecular formula is C22H13N3. The predicted molar refractivity (Wildman–Crippen MR) is 100 cm³/mol. The van der Waals surface area contributed by atoms with Crippen LogP contribution < -0.4 is 0 Å². The Bertz CT molecular complexity index is 1180. The van der Waals surface area contributed by atoms with Crippen molar-refractivity contribution in [1.29, 1.82) is 10.5 Å². The van der Waals surface area contributed by atoms with Crippen LogP contribution in [-0.2, 0) is 0 Å². The molecule has 4 aromatic rings. The van der Waals surface area contributed by atoms with Crippen LogP contribution in [0, 0.1) is 22.7 Å². The highest BCUT2D eigenvalue weighted by Gasteiger charge is 2.14. The SMILES string of the molecule is N#CC(C#N)=Cc1c(-c2ccccc2)[nH]c2c1ccc1ccccc12. The van der Waals surface area contributed by atoms with Gasteiger partial charge >= 0.3 is 0 Å². The molecule has 0 unspecified atom stereocenters. The summed E-state index contributed by atoms with van der Waals surface area (Å²) in [7, 11) is 0. The molecule has 116 valence electrons. The van der Waals surface area contributed by atoms with Crippen LogP contribution >= 0.6 is 0 Å². The summed E-state index contributed by atoms with van der Waals surface area (Å²) < 4.78 is 0. The van der Waals surface area contributed by atoms with E-state index in [1.165, 1.54) is 0 Å². The molecule has 25 heavy (non-hydrogen) atoms. The maximum absolute atomic E-state index is 9.18. The van der Waals surface area contributed by atoms with Gasteiger partial charge in [-0.25, -0.2) is 0 Å². The summed E-state index contributed by atoms with van der Waals surface area (Å²) in [6.45, 7) is 0. The first kappa shape index (κ1) is 14.8. The third-order valence-electron chi connectivity index (χ3n) is 4.33. The Morgan fingerprint density at radius 2 is 1.52 bits per heavy atom. The summed E-state index contributed by atoms with van der Waals surface area (Å²) in [4.78, 5) is 3.51. The lowest BCUT2D eigenvalue weighted by molar-refractivity contribution is 1.45. The summed E-state index contributed by atoms with van der Waals surface area (Å²) in [5.74, 6) is 0. The van der Waals surface area contributed by atoms with Gasteiger partial charge in [0, 0.05) is 16.3 Å². The number of nitrogens with one attached hydrogen (secondary N) is 1. The highest BCUT2D eigenvalue weighted by molar-refractivity contribution is 6.11. The minimum absolute atomic E-state index is 0.0891. The van der Waals surface area contributed by atoms with E-state index in [1.807, 2.05) is 60.7 Å². The molecule has 0 radical (unpaired) electrons. The summed E-state index contributed by atoms with van der Waals surface area (Å²) >= 11 is 0. The molecule has 3 heteroatoms. The van der Waals surface area contributed by atoms with Crippen molar-refractivity contribution in [3.63, 3.8) is 0 Å². The minimum atomic E-state index is 0.0891. The number of hydrogen-bond donors (Lipinski definition) is 1. The summed E-state index contributed by atoms with van der Waals surface area (Å²) in [5, 5.41) is 21.6. The van der Waals surface area contributed by atoms with Gasteiger partial charge < -0.3 is 4.98 Å². The molecule has 0 atom stereocenters. The van der Waals surface area contributed by atoms with Crippen LogP contribution in [0.15, 0.2) is 72.3 Å². The fraction of sp³-hybridized carbons (Fsp3) is 0. The Morgan fingerprint density at radius 3 is 2.28 bits per heavy atom. The van der Waals surface area contributed by atoms with Crippen molar-refractivity contribution in [2.24, 2.45) is 0 Å². The molecule has 1 aromatic heterocycles. The Morgan fingerprint density at radius 1 is 0.800 bits per heavy atom. The van der Waals surface area contributed by atoms with Crippen molar-refractivity contribution < 1.29 is 0 Å². The van der Waals surface area contributed by atoms with Gasteiger partial charge in [0.05, 0.1) is 11.2 Å². The Labute approximate surface area is 145 Å². The number of H-pyrrole nitrogens is 1. The van der Waals surface area contributed by atoms with Crippen LogP contribution in [0.1, 0.15) is 5.56 Å². The molecule has 0 amide bonds. The topological polar surface area (TPSA) is 63.4 Å². The summed E-state index contributed by atoms with van der Waals surface area (Å²) in [6, 6.07) is 26.1. The minimum Gasteiger partial charge on any atom is -0.354 e. The van der Waals surface area contributed by atoms with Crippen LogP contribution in [0.5, 0.6) is 0 Å². The lowest BCUT2D eigenvalue weighted by atomic mass is 10.0. The number of aromatic nitrogens is 1. The van der Waals surface area contributed by atoms with Gasteiger partial charge in [-0.2, -0.15) is 10.5 Å². The van der Waals surface area contributed by atoms with Gasteiger partial charge in [0.1, 0.15) is 17.7 Å². The molecule has 0 spiro atoms. The fourth-order valence-corrected chi connectivity index (χ4v) is 3.17. The molecule has 0 fully saturated rings. The van der Waals surface area contributed by atoms with Crippen LogP contribution in [0.3, 0.4) is 0 Å². The van der Waals surface area contributed by atoms with Crippen LogP contribution in [-0.4, -0.2) is 4.98 Å². The van der Waals surface area contributed by atoms with Crippen LogP contribution in [0.25, 0.3) is 39.0 Å². The number of nitriles is 2. The smallest absolute Gasteiger partial charge is 0.130 e. The standard InChI is InChI=1S/C22H13N3/c23-13-15(14-24)12-20-19-11-10-16-6-4-5-9-18(16)22(19)25-21(20)17-7-2-1-3-8-17/h1-12,25H. The third-order valence-corrected chi connectivity index (χ3v) is 4.33. The van der Waals surface area contributed by atoms with Crippen LogP contribution in [0.4, 0.5) is 0 Å². The van der Waals surface area contributed by atoms with E-state index >= 15 is 0 Å². The van der Waals surface area contributed by atoms with Gasteiger partial charge in [0.15, 0.2) is 0 Å².